The quantitative estimate of drug-likeness (QED) is 0.169. The number of aryl methyl sites for hydroxylation is 1. The lowest BCUT2D eigenvalue weighted by molar-refractivity contribution is 0.179. The third-order valence-corrected chi connectivity index (χ3v) is 7.90. The van der Waals surface area contributed by atoms with Crippen LogP contribution in [0.4, 0.5) is 0 Å². The number of hydrogen-bond donors (Lipinski definition) is 0. The molecule has 1 aliphatic rings. The first-order chi connectivity index (χ1) is 19.8. The van der Waals surface area contributed by atoms with Gasteiger partial charge in [0.25, 0.3) is 20.2 Å². The predicted molar refractivity (Wildman–Crippen MR) is 166 cm³/mol. The van der Waals surface area contributed by atoms with Gasteiger partial charge in [-0.1, -0.05) is 48.2 Å². The standard InChI is InChI=1S/C16H23NO4S.C15H19NO3S/c1-5-10-17(3)14(2)13-15-6-8-16(9-7-15)20-11-12-21-22(4,18)19;1-3-10-16(11-12-19-20(2,17)18)15-9-8-13-6-4-5-7-14(13)15/h1,6-9,14H,10-13H2,2-4H3;1,4-7,15H,8-12H2,2H3. The summed E-state index contributed by atoms with van der Waals surface area (Å²) in [5.41, 5.74) is 3.83. The Balaban J connectivity index is 0.000000294. The van der Waals surface area contributed by atoms with Gasteiger partial charge in [-0.2, -0.15) is 16.8 Å². The van der Waals surface area contributed by atoms with Crippen molar-refractivity contribution in [2.75, 3.05) is 59.0 Å². The van der Waals surface area contributed by atoms with Gasteiger partial charge in [-0.05, 0) is 62.1 Å². The van der Waals surface area contributed by atoms with E-state index in [4.69, 9.17) is 21.8 Å². The molecule has 230 valence electrons. The smallest absolute Gasteiger partial charge is 0.264 e. The fraction of sp³-hybridized carbons (Fsp3) is 0.484. The summed E-state index contributed by atoms with van der Waals surface area (Å²) >= 11 is 0. The Labute approximate surface area is 252 Å². The van der Waals surface area contributed by atoms with Crippen LogP contribution in [0, 0.1) is 24.7 Å². The summed E-state index contributed by atoms with van der Waals surface area (Å²) < 4.78 is 58.5. The van der Waals surface area contributed by atoms with E-state index in [-0.39, 0.29) is 25.9 Å². The van der Waals surface area contributed by atoms with Gasteiger partial charge >= 0.3 is 0 Å². The molecule has 42 heavy (non-hydrogen) atoms. The van der Waals surface area contributed by atoms with E-state index in [0.29, 0.717) is 31.4 Å². The molecule has 0 amide bonds. The first-order valence-electron chi connectivity index (χ1n) is 13.6. The van der Waals surface area contributed by atoms with Crippen LogP contribution in [0.2, 0.25) is 0 Å². The number of nitrogens with zero attached hydrogens (tertiary/aromatic N) is 2. The maximum atomic E-state index is 11.0. The molecule has 0 saturated carbocycles. The molecule has 0 aromatic heterocycles. The van der Waals surface area contributed by atoms with Gasteiger partial charge in [0, 0.05) is 18.6 Å². The molecule has 0 saturated heterocycles. The van der Waals surface area contributed by atoms with Gasteiger partial charge in [0.2, 0.25) is 0 Å². The molecule has 2 unspecified atom stereocenters. The van der Waals surface area contributed by atoms with Gasteiger partial charge in [-0.15, -0.1) is 12.8 Å². The van der Waals surface area contributed by atoms with Crippen LogP contribution in [-0.2, 0) is 41.4 Å². The zero-order valence-electron chi connectivity index (χ0n) is 24.9. The molecule has 9 nitrogen and oxygen atoms in total. The number of benzene rings is 2. The van der Waals surface area contributed by atoms with Gasteiger partial charge in [0.1, 0.15) is 19.0 Å². The molecule has 0 spiro atoms. The Morgan fingerprint density at radius 3 is 2.14 bits per heavy atom. The lowest BCUT2D eigenvalue weighted by Gasteiger charge is -2.27. The van der Waals surface area contributed by atoms with Crippen LogP contribution in [0.25, 0.3) is 0 Å². The Bertz CT molecular complexity index is 1410. The van der Waals surface area contributed by atoms with Gasteiger partial charge in [-0.25, -0.2) is 0 Å². The molecule has 0 fully saturated rings. The van der Waals surface area contributed by atoms with E-state index in [2.05, 4.69) is 44.9 Å². The third-order valence-electron chi connectivity index (χ3n) is 6.71. The van der Waals surface area contributed by atoms with Crippen molar-refractivity contribution in [2.24, 2.45) is 0 Å². The summed E-state index contributed by atoms with van der Waals surface area (Å²) in [5, 5.41) is 0. The minimum absolute atomic E-state index is 0.00843. The molecule has 0 aliphatic heterocycles. The molecule has 1 aliphatic carbocycles. The van der Waals surface area contributed by atoms with Crippen LogP contribution < -0.4 is 4.74 Å². The van der Waals surface area contributed by atoms with Gasteiger partial charge < -0.3 is 4.74 Å². The zero-order valence-corrected chi connectivity index (χ0v) is 26.5. The van der Waals surface area contributed by atoms with E-state index in [1.165, 1.54) is 16.7 Å². The summed E-state index contributed by atoms with van der Waals surface area (Å²) in [6.45, 7) is 4.09. The average molecular weight is 619 g/mol. The largest absolute Gasteiger partial charge is 0.491 e. The number of terminal acetylenes is 2. The summed E-state index contributed by atoms with van der Waals surface area (Å²) in [7, 11) is -4.80. The number of rotatable bonds is 15. The van der Waals surface area contributed by atoms with E-state index >= 15 is 0 Å². The van der Waals surface area contributed by atoms with E-state index in [1.54, 1.807) is 0 Å². The minimum Gasteiger partial charge on any atom is -0.491 e. The van der Waals surface area contributed by atoms with Gasteiger partial charge in [0.15, 0.2) is 0 Å². The molecule has 2 aromatic carbocycles. The maximum Gasteiger partial charge on any atom is 0.264 e. The Kier molecular flexibility index (Phi) is 14.5. The molecule has 11 heteroatoms. The van der Waals surface area contributed by atoms with E-state index in [0.717, 1.165) is 31.8 Å². The van der Waals surface area contributed by atoms with Crippen LogP contribution in [0.5, 0.6) is 5.75 Å². The molecule has 2 atom stereocenters. The highest BCUT2D eigenvalue weighted by molar-refractivity contribution is 7.86. The fourth-order valence-electron chi connectivity index (χ4n) is 4.55. The predicted octanol–water partition coefficient (Wildman–Crippen LogP) is 3.12. The number of fused-ring (bicyclic) bond motifs is 1. The van der Waals surface area contributed by atoms with Crippen LogP contribution in [-0.4, -0.2) is 91.7 Å². The Morgan fingerprint density at radius 2 is 1.52 bits per heavy atom. The highest BCUT2D eigenvalue weighted by Gasteiger charge is 2.27. The van der Waals surface area contributed by atoms with E-state index < -0.39 is 20.2 Å². The van der Waals surface area contributed by atoms with Crippen molar-refractivity contribution in [3.63, 3.8) is 0 Å². The number of ether oxygens (including phenoxy) is 1. The molecule has 3 rings (SSSR count). The fourth-order valence-corrected chi connectivity index (χ4v) is 5.29. The second-order valence-electron chi connectivity index (χ2n) is 10.1. The van der Waals surface area contributed by atoms with Crippen molar-refractivity contribution in [1.29, 1.82) is 0 Å². The second-order valence-corrected chi connectivity index (χ2v) is 13.4. The summed E-state index contributed by atoms with van der Waals surface area (Å²) in [6, 6.07) is 16.6. The minimum atomic E-state index is -3.41. The second kappa shape index (κ2) is 17.3. The highest BCUT2D eigenvalue weighted by Crippen LogP contribution is 2.35. The number of likely N-dealkylation sites (N-methyl/N-ethyl adjacent to an activating group) is 1. The van der Waals surface area contributed by atoms with Crippen LogP contribution in [0.3, 0.4) is 0 Å². The lowest BCUT2D eigenvalue weighted by Crippen LogP contribution is -2.32. The van der Waals surface area contributed by atoms with Crippen molar-refractivity contribution in [1.82, 2.24) is 9.80 Å². The Hall–Kier alpha value is -2.90. The first-order valence-corrected chi connectivity index (χ1v) is 17.3. The molecular weight excluding hydrogens is 576 g/mol. The maximum absolute atomic E-state index is 11.0. The first kappa shape index (κ1) is 35.3. The molecule has 0 N–H and O–H groups in total. The van der Waals surface area contributed by atoms with Gasteiger partial charge in [0.05, 0.1) is 32.2 Å². The summed E-state index contributed by atoms with van der Waals surface area (Å²) in [4.78, 5) is 4.23. The third kappa shape index (κ3) is 13.4. The molecule has 0 radical (unpaired) electrons. The van der Waals surface area contributed by atoms with Crippen LogP contribution in [0.15, 0.2) is 48.5 Å². The van der Waals surface area contributed by atoms with Crippen molar-refractivity contribution in [3.05, 3.63) is 65.2 Å². The summed E-state index contributed by atoms with van der Waals surface area (Å²) in [5.74, 6) is 5.96. The topological polar surface area (TPSA) is 102 Å². The van der Waals surface area contributed by atoms with Crippen LogP contribution in [0.1, 0.15) is 36.1 Å². The Morgan fingerprint density at radius 1 is 0.905 bits per heavy atom. The average Bonchev–Trinajstić information content (AvgIpc) is 3.35. The van der Waals surface area contributed by atoms with Crippen molar-refractivity contribution in [3.8, 4) is 30.4 Å². The van der Waals surface area contributed by atoms with Crippen LogP contribution >= 0.6 is 0 Å². The zero-order chi connectivity index (χ0) is 31.2. The van der Waals surface area contributed by atoms with E-state index in [9.17, 15) is 16.8 Å². The molecular formula is C31H42N2O7S2. The lowest BCUT2D eigenvalue weighted by atomic mass is 10.1. The number of hydrogen-bond acceptors (Lipinski definition) is 9. The normalized spacial score (nSPS) is 15.3. The SMILES string of the molecule is C#CCN(C)C(C)Cc1ccc(OCCOS(C)(=O)=O)cc1.C#CCN(CCOS(C)(=O)=O)C1CCc2ccccc21. The summed E-state index contributed by atoms with van der Waals surface area (Å²) in [6.07, 6.45) is 15.8. The van der Waals surface area contributed by atoms with Crippen molar-refractivity contribution >= 4 is 20.2 Å². The monoisotopic (exact) mass is 618 g/mol. The van der Waals surface area contributed by atoms with Gasteiger partial charge in [-0.3, -0.25) is 18.2 Å². The van der Waals surface area contributed by atoms with Crippen molar-refractivity contribution < 1.29 is 29.9 Å². The van der Waals surface area contributed by atoms with E-state index in [1.807, 2.05) is 43.4 Å². The van der Waals surface area contributed by atoms with Crippen molar-refractivity contribution in [2.45, 2.75) is 38.3 Å². The molecule has 0 heterocycles. The molecule has 0 bridgehead atoms. The highest BCUT2D eigenvalue weighted by atomic mass is 32.2. The molecule has 2 aromatic rings.